The van der Waals surface area contributed by atoms with E-state index in [-0.39, 0.29) is 5.91 Å². The average Bonchev–Trinajstić information content (AvgIpc) is 2.90. The topological polar surface area (TPSA) is 42.4 Å². The third kappa shape index (κ3) is 5.64. The molecule has 0 saturated heterocycles. The summed E-state index contributed by atoms with van der Waals surface area (Å²) >= 11 is 1.58. The van der Waals surface area contributed by atoms with Gasteiger partial charge in [-0.05, 0) is 43.0 Å². The lowest BCUT2D eigenvalue weighted by atomic mass is 10.1. The largest absolute Gasteiger partial charge is 0.486 e. The van der Waals surface area contributed by atoms with Crippen molar-refractivity contribution >= 4 is 17.2 Å². The quantitative estimate of drug-likeness (QED) is 0.749. The van der Waals surface area contributed by atoms with Crippen LogP contribution in [-0.2, 0) is 17.9 Å². The average molecular weight is 346 g/mol. The van der Waals surface area contributed by atoms with E-state index in [4.69, 9.17) is 4.74 Å². The molecule has 0 radical (unpaired) electrons. The second-order valence-corrected chi connectivity index (χ2v) is 7.58. The number of hydrogen-bond donors (Lipinski definition) is 0. The molecule has 0 aliphatic carbocycles. The third-order valence-corrected chi connectivity index (χ3v) is 4.41. The maximum Gasteiger partial charge on any atom is 0.219 e. The van der Waals surface area contributed by atoms with E-state index in [1.807, 2.05) is 22.4 Å². The van der Waals surface area contributed by atoms with E-state index in [0.29, 0.717) is 19.1 Å². The molecule has 130 valence electrons. The Labute approximate surface area is 148 Å². The zero-order chi connectivity index (χ0) is 17.7. The van der Waals surface area contributed by atoms with Gasteiger partial charge in [0.25, 0.3) is 0 Å². The van der Waals surface area contributed by atoms with Crippen molar-refractivity contribution in [3.63, 3.8) is 0 Å². The molecular weight excluding hydrogens is 320 g/mol. The third-order valence-electron chi connectivity index (χ3n) is 3.54. The van der Waals surface area contributed by atoms with E-state index in [9.17, 15) is 4.79 Å². The van der Waals surface area contributed by atoms with Crippen LogP contribution >= 0.6 is 11.3 Å². The molecule has 0 atom stereocenters. The fraction of sp³-hybridized carbons (Fsp3) is 0.474. The minimum absolute atomic E-state index is 0.0877. The first kappa shape index (κ1) is 18.5. The molecule has 1 aromatic heterocycles. The van der Waals surface area contributed by atoms with Gasteiger partial charge >= 0.3 is 0 Å². The molecule has 0 saturated carbocycles. The molecule has 1 aromatic carbocycles. The Morgan fingerprint density at radius 2 is 1.92 bits per heavy atom. The van der Waals surface area contributed by atoms with E-state index in [1.54, 1.807) is 18.3 Å². The van der Waals surface area contributed by atoms with Crippen LogP contribution < -0.4 is 4.74 Å². The summed E-state index contributed by atoms with van der Waals surface area (Å²) in [6, 6.07) is 6.18. The highest BCUT2D eigenvalue weighted by Gasteiger charge is 2.13. The number of ether oxygens (including phenoxy) is 1. The second-order valence-electron chi connectivity index (χ2n) is 6.64. The fourth-order valence-electron chi connectivity index (χ4n) is 2.59. The lowest BCUT2D eigenvalue weighted by Crippen LogP contribution is -2.31. The van der Waals surface area contributed by atoms with Crippen LogP contribution in [0.3, 0.4) is 0 Å². The van der Waals surface area contributed by atoms with Crippen molar-refractivity contribution in [3.05, 3.63) is 45.4 Å². The van der Waals surface area contributed by atoms with Crippen molar-refractivity contribution in [1.29, 1.82) is 0 Å². The number of rotatable bonds is 7. The number of nitrogens with zero attached hydrogens (tertiary/aromatic N) is 2. The maximum absolute atomic E-state index is 11.7. The number of thiazole rings is 1. The van der Waals surface area contributed by atoms with E-state index >= 15 is 0 Å². The zero-order valence-corrected chi connectivity index (χ0v) is 15.9. The van der Waals surface area contributed by atoms with Crippen LogP contribution in [0.2, 0.25) is 0 Å². The summed E-state index contributed by atoms with van der Waals surface area (Å²) in [5.74, 6) is 1.40. The van der Waals surface area contributed by atoms with Gasteiger partial charge in [-0.1, -0.05) is 19.9 Å². The number of benzene rings is 1. The summed E-state index contributed by atoms with van der Waals surface area (Å²) in [5, 5.41) is 2.94. The van der Waals surface area contributed by atoms with Gasteiger partial charge in [-0.2, -0.15) is 0 Å². The van der Waals surface area contributed by atoms with Crippen molar-refractivity contribution in [2.24, 2.45) is 5.92 Å². The Balaban J connectivity index is 1.96. The van der Waals surface area contributed by atoms with Crippen molar-refractivity contribution in [2.45, 2.75) is 47.8 Å². The molecule has 1 amide bonds. The predicted molar refractivity (Wildman–Crippen MR) is 98.3 cm³/mol. The van der Waals surface area contributed by atoms with E-state index in [2.05, 4.69) is 38.7 Å². The minimum Gasteiger partial charge on any atom is -0.486 e. The molecule has 0 spiro atoms. The predicted octanol–water partition coefficient (Wildman–Crippen LogP) is 4.34. The van der Waals surface area contributed by atoms with Crippen LogP contribution in [-0.4, -0.2) is 22.3 Å². The lowest BCUT2D eigenvalue weighted by molar-refractivity contribution is -0.130. The van der Waals surface area contributed by atoms with Crippen molar-refractivity contribution in [1.82, 2.24) is 9.88 Å². The summed E-state index contributed by atoms with van der Waals surface area (Å²) in [7, 11) is 0. The number of aromatic nitrogens is 1. The molecule has 2 aromatic rings. The SMILES string of the molecule is CC(=O)N(Cc1csc(COc2cc(C)cc(C)c2)n1)CC(C)C. The molecule has 4 nitrogen and oxygen atoms in total. The molecule has 0 N–H and O–H groups in total. The van der Waals surface area contributed by atoms with E-state index in [1.165, 1.54) is 11.1 Å². The highest BCUT2D eigenvalue weighted by Crippen LogP contribution is 2.19. The van der Waals surface area contributed by atoms with Gasteiger partial charge in [-0.3, -0.25) is 4.79 Å². The zero-order valence-electron chi connectivity index (χ0n) is 15.1. The van der Waals surface area contributed by atoms with Crippen molar-refractivity contribution in [3.8, 4) is 5.75 Å². The van der Waals surface area contributed by atoms with Gasteiger partial charge in [0, 0.05) is 18.8 Å². The molecule has 0 unspecified atom stereocenters. The molecule has 1 heterocycles. The number of hydrogen-bond acceptors (Lipinski definition) is 4. The normalized spacial score (nSPS) is 10.9. The van der Waals surface area contributed by atoms with Crippen molar-refractivity contribution in [2.75, 3.05) is 6.54 Å². The van der Waals surface area contributed by atoms with E-state index < -0.39 is 0 Å². The van der Waals surface area contributed by atoms with E-state index in [0.717, 1.165) is 23.0 Å². The lowest BCUT2D eigenvalue weighted by Gasteiger charge is -2.22. The summed E-state index contributed by atoms with van der Waals surface area (Å²) in [6.45, 7) is 11.7. The molecule has 0 aliphatic heterocycles. The summed E-state index contributed by atoms with van der Waals surface area (Å²) in [5.41, 5.74) is 3.31. The highest BCUT2D eigenvalue weighted by molar-refractivity contribution is 7.09. The van der Waals surface area contributed by atoms with Gasteiger partial charge in [0.1, 0.15) is 17.4 Å². The molecule has 2 rings (SSSR count). The molecule has 5 heteroatoms. The Morgan fingerprint density at radius 3 is 2.50 bits per heavy atom. The van der Waals surface area contributed by atoms with Gasteiger partial charge in [0.2, 0.25) is 5.91 Å². The van der Waals surface area contributed by atoms with Crippen LogP contribution in [0.5, 0.6) is 5.75 Å². The fourth-order valence-corrected chi connectivity index (χ4v) is 3.29. The number of aryl methyl sites for hydroxylation is 2. The van der Waals surface area contributed by atoms with Gasteiger partial charge < -0.3 is 9.64 Å². The van der Waals surface area contributed by atoms with Crippen molar-refractivity contribution < 1.29 is 9.53 Å². The second kappa shape index (κ2) is 8.29. The van der Waals surface area contributed by atoms with Crippen LogP contribution in [0.15, 0.2) is 23.6 Å². The summed E-state index contributed by atoms with van der Waals surface area (Å²) in [4.78, 5) is 18.2. The Morgan fingerprint density at radius 1 is 1.25 bits per heavy atom. The molecule has 0 aliphatic rings. The number of carbonyl (C=O) groups is 1. The Bertz CT molecular complexity index is 674. The van der Waals surface area contributed by atoms with Gasteiger partial charge in [0.05, 0.1) is 12.2 Å². The number of amides is 1. The molecular formula is C19H26N2O2S. The smallest absolute Gasteiger partial charge is 0.219 e. The first-order valence-corrected chi connectivity index (χ1v) is 9.11. The molecule has 24 heavy (non-hydrogen) atoms. The first-order chi connectivity index (χ1) is 11.3. The minimum atomic E-state index is 0.0877. The Kier molecular flexibility index (Phi) is 6.37. The van der Waals surface area contributed by atoms with Gasteiger partial charge in [-0.15, -0.1) is 11.3 Å². The van der Waals surface area contributed by atoms with Crippen LogP contribution in [0.25, 0.3) is 0 Å². The molecule has 0 bridgehead atoms. The highest BCUT2D eigenvalue weighted by atomic mass is 32.1. The van der Waals surface area contributed by atoms with Crippen LogP contribution in [0, 0.1) is 19.8 Å². The van der Waals surface area contributed by atoms with Gasteiger partial charge in [-0.25, -0.2) is 4.98 Å². The Hall–Kier alpha value is -1.88. The summed E-state index contributed by atoms with van der Waals surface area (Å²) < 4.78 is 5.85. The standard InChI is InChI=1S/C19H26N2O2S/c1-13(2)9-21(16(5)22)10-17-12-24-19(20-17)11-23-18-7-14(3)6-15(4)8-18/h6-8,12-13H,9-11H2,1-5H3. The first-order valence-electron chi connectivity index (χ1n) is 8.23. The monoisotopic (exact) mass is 346 g/mol. The number of carbonyl (C=O) groups excluding carboxylic acids is 1. The van der Waals surface area contributed by atoms with Crippen LogP contribution in [0.1, 0.15) is 42.6 Å². The molecule has 0 fully saturated rings. The maximum atomic E-state index is 11.7. The van der Waals surface area contributed by atoms with Crippen LogP contribution in [0.4, 0.5) is 0 Å². The summed E-state index contributed by atoms with van der Waals surface area (Å²) in [6.07, 6.45) is 0. The van der Waals surface area contributed by atoms with Gasteiger partial charge in [0.15, 0.2) is 0 Å².